The summed E-state index contributed by atoms with van der Waals surface area (Å²) in [6.45, 7) is 4.98. The van der Waals surface area contributed by atoms with Crippen molar-refractivity contribution < 1.29 is 9.84 Å². The third kappa shape index (κ3) is 3.27. The zero-order valence-corrected chi connectivity index (χ0v) is 10.9. The van der Waals surface area contributed by atoms with Gasteiger partial charge in [0, 0.05) is 18.3 Å². The van der Waals surface area contributed by atoms with Crippen molar-refractivity contribution in [2.75, 3.05) is 11.9 Å². The van der Waals surface area contributed by atoms with E-state index < -0.39 is 0 Å². The molecule has 94 valence electrons. The van der Waals surface area contributed by atoms with Crippen LogP contribution in [0, 0.1) is 0 Å². The average molecular weight is 256 g/mol. The fourth-order valence-electron chi connectivity index (χ4n) is 2.19. The van der Waals surface area contributed by atoms with Gasteiger partial charge in [-0.15, -0.1) is 0 Å². The molecule has 1 heterocycles. The Kier molecular flexibility index (Phi) is 3.50. The third-order valence-electron chi connectivity index (χ3n) is 3.02. The summed E-state index contributed by atoms with van der Waals surface area (Å²) in [4.78, 5) is 0. The zero-order chi connectivity index (χ0) is 12.5. The van der Waals surface area contributed by atoms with Gasteiger partial charge in [-0.2, -0.15) is 0 Å². The van der Waals surface area contributed by atoms with Crippen LogP contribution in [0.2, 0.25) is 5.02 Å². The Morgan fingerprint density at radius 2 is 2.24 bits per heavy atom. The topological polar surface area (TPSA) is 41.5 Å². The molecule has 1 atom stereocenters. The lowest BCUT2D eigenvalue weighted by Gasteiger charge is -2.36. The molecule has 1 aromatic rings. The fraction of sp³-hybridized carbons (Fsp3) is 0.538. The van der Waals surface area contributed by atoms with Gasteiger partial charge in [-0.1, -0.05) is 11.6 Å². The van der Waals surface area contributed by atoms with E-state index in [1.807, 2.05) is 6.07 Å². The Labute approximate surface area is 107 Å². The van der Waals surface area contributed by atoms with E-state index in [1.165, 1.54) is 0 Å². The van der Waals surface area contributed by atoms with Crippen LogP contribution in [0.15, 0.2) is 18.2 Å². The highest BCUT2D eigenvalue weighted by molar-refractivity contribution is 6.32. The number of rotatable bonds is 2. The van der Waals surface area contributed by atoms with Crippen molar-refractivity contribution in [1.82, 2.24) is 0 Å². The Morgan fingerprint density at radius 1 is 1.47 bits per heavy atom. The van der Waals surface area contributed by atoms with Gasteiger partial charge in [0.2, 0.25) is 0 Å². The summed E-state index contributed by atoms with van der Waals surface area (Å²) in [6, 6.07) is 5.58. The van der Waals surface area contributed by atoms with Gasteiger partial charge in [0.25, 0.3) is 0 Å². The second kappa shape index (κ2) is 4.75. The predicted octanol–water partition coefficient (Wildman–Crippen LogP) is 3.42. The summed E-state index contributed by atoms with van der Waals surface area (Å²) < 4.78 is 5.67. The van der Waals surface area contributed by atoms with Crippen LogP contribution in [0.4, 0.5) is 5.69 Å². The number of ether oxygens (including phenoxy) is 1. The van der Waals surface area contributed by atoms with E-state index in [0.717, 1.165) is 25.1 Å². The molecule has 0 bridgehead atoms. The van der Waals surface area contributed by atoms with Crippen LogP contribution in [-0.2, 0) is 4.74 Å². The third-order valence-corrected chi connectivity index (χ3v) is 3.32. The molecule has 3 nitrogen and oxygen atoms in total. The molecule has 4 heteroatoms. The molecule has 1 fully saturated rings. The standard InChI is InChI=1S/C13H18ClNO2/c1-13(2)8-10(5-6-17-13)15-9-3-4-12(16)11(14)7-9/h3-4,7,10,15-16H,5-6,8H2,1-2H3. The van der Waals surface area contributed by atoms with Crippen LogP contribution in [0.3, 0.4) is 0 Å². The number of aromatic hydroxyl groups is 1. The zero-order valence-electron chi connectivity index (χ0n) is 10.2. The maximum atomic E-state index is 9.35. The maximum absolute atomic E-state index is 9.35. The number of nitrogens with one attached hydrogen (secondary N) is 1. The highest BCUT2D eigenvalue weighted by Crippen LogP contribution is 2.29. The Bertz CT molecular complexity index is 406. The van der Waals surface area contributed by atoms with Gasteiger partial charge in [-0.05, 0) is 44.9 Å². The lowest BCUT2D eigenvalue weighted by Crippen LogP contribution is -2.40. The summed E-state index contributed by atoms with van der Waals surface area (Å²) in [5.41, 5.74) is 0.867. The molecule has 0 amide bonds. The minimum Gasteiger partial charge on any atom is -0.506 e. The minimum absolute atomic E-state index is 0.0728. The van der Waals surface area contributed by atoms with Crippen molar-refractivity contribution in [3.05, 3.63) is 23.2 Å². The predicted molar refractivity (Wildman–Crippen MR) is 69.8 cm³/mol. The SMILES string of the molecule is CC1(C)CC(Nc2ccc(O)c(Cl)c2)CCO1. The van der Waals surface area contributed by atoms with E-state index >= 15 is 0 Å². The maximum Gasteiger partial charge on any atom is 0.134 e. The number of benzene rings is 1. The van der Waals surface area contributed by atoms with E-state index in [-0.39, 0.29) is 11.4 Å². The van der Waals surface area contributed by atoms with Gasteiger partial charge in [0.05, 0.1) is 10.6 Å². The van der Waals surface area contributed by atoms with E-state index in [2.05, 4.69) is 19.2 Å². The second-order valence-electron chi connectivity index (χ2n) is 5.11. The smallest absolute Gasteiger partial charge is 0.134 e. The molecule has 2 rings (SSSR count). The Morgan fingerprint density at radius 3 is 2.88 bits per heavy atom. The molecular formula is C13H18ClNO2. The molecular weight excluding hydrogens is 238 g/mol. The molecule has 0 radical (unpaired) electrons. The molecule has 2 N–H and O–H groups in total. The lowest BCUT2D eigenvalue weighted by molar-refractivity contribution is -0.0553. The lowest BCUT2D eigenvalue weighted by atomic mass is 9.94. The second-order valence-corrected chi connectivity index (χ2v) is 5.52. The van der Waals surface area contributed by atoms with Crippen molar-refractivity contribution in [1.29, 1.82) is 0 Å². The van der Waals surface area contributed by atoms with Gasteiger partial charge in [0.1, 0.15) is 5.75 Å². The number of halogens is 1. The molecule has 1 saturated heterocycles. The average Bonchev–Trinajstić information content (AvgIpc) is 2.22. The molecule has 17 heavy (non-hydrogen) atoms. The summed E-state index contributed by atoms with van der Waals surface area (Å²) in [7, 11) is 0. The van der Waals surface area contributed by atoms with E-state index in [0.29, 0.717) is 11.1 Å². The van der Waals surface area contributed by atoms with Gasteiger partial charge >= 0.3 is 0 Å². The number of hydrogen-bond donors (Lipinski definition) is 2. The van der Waals surface area contributed by atoms with Gasteiger partial charge in [0.15, 0.2) is 0 Å². The summed E-state index contributed by atoms with van der Waals surface area (Å²) in [6.07, 6.45) is 1.95. The van der Waals surface area contributed by atoms with Crippen LogP contribution < -0.4 is 5.32 Å². The van der Waals surface area contributed by atoms with Gasteiger partial charge in [-0.25, -0.2) is 0 Å². The van der Waals surface area contributed by atoms with Gasteiger partial charge < -0.3 is 15.2 Å². The first kappa shape index (κ1) is 12.5. The molecule has 1 aliphatic rings. The van der Waals surface area contributed by atoms with E-state index in [9.17, 15) is 5.11 Å². The van der Waals surface area contributed by atoms with Gasteiger partial charge in [-0.3, -0.25) is 0 Å². The Hall–Kier alpha value is -0.930. The number of anilines is 1. The van der Waals surface area contributed by atoms with Crippen LogP contribution >= 0.6 is 11.6 Å². The normalized spacial score (nSPS) is 23.4. The highest BCUT2D eigenvalue weighted by atomic mass is 35.5. The van der Waals surface area contributed by atoms with Crippen LogP contribution in [-0.4, -0.2) is 23.4 Å². The van der Waals surface area contributed by atoms with Crippen molar-refractivity contribution in [3.8, 4) is 5.75 Å². The van der Waals surface area contributed by atoms with Crippen molar-refractivity contribution in [3.63, 3.8) is 0 Å². The number of hydrogen-bond acceptors (Lipinski definition) is 3. The van der Waals surface area contributed by atoms with E-state index in [1.54, 1.807) is 12.1 Å². The molecule has 1 aliphatic heterocycles. The van der Waals surface area contributed by atoms with Crippen molar-refractivity contribution >= 4 is 17.3 Å². The largest absolute Gasteiger partial charge is 0.506 e. The highest BCUT2D eigenvalue weighted by Gasteiger charge is 2.28. The fourth-order valence-corrected chi connectivity index (χ4v) is 2.37. The monoisotopic (exact) mass is 255 g/mol. The van der Waals surface area contributed by atoms with Crippen LogP contribution in [0.25, 0.3) is 0 Å². The number of phenols is 1. The Balaban J connectivity index is 2.03. The molecule has 0 saturated carbocycles. The van der Waals surface area contributed by atoms with Crippen molar-refractivity contribution in [2.24, 2.45) is 0 Å². The molecule has 0 aromatic heterocycles. The van der Waals surface area contributed by atoms with Crippen molar-refractivity contribution in [2.45, 2.75) is 38.3 Å². The minimum atomic E-state index is -0.0728. The van der Waals surface area contributed by atoms with Crippen LogP contribution in [0.5, 0.6) is 5.75 Å². The molecule has 1 unspecified atom stereocenters. The molecule has 0 aliphatic carbocycles. The molecule has 1 aromatic carbocycles. The number of phenolic OH excluding ortho intramolecular Hbond substituents is 1. The summed E-state index contributed by atoms with van der Waals surface area (Å²) >= 11 is 5.87. The summed E-state index contributed by atoms with van der Waals surface area (Å²) in [5, 5.41) is 13.2. The first-order chi connectivity index (χ1) is 7.96. The van der Waals surface area contributed by atoms with Crippen LogP contribution in [0.1, 0.15) is 26.7 Å². The first-order valence-electron chi connectivity index (χ1n) is 5.85. The summed E-state index contributed by atoms with van der Waals surface area (Å²) in [5.74, 6) is 0.115. The van der Waals surface area contributed by atoms with E-state index in [4.69, 9.17) is 16.3 Å². The first-order valence-corrected chi connectivity index (χ1v) is 6.23. The quantitative estimate of drug-likeness (QED) is 0.796. The molecule has 0 spiro atoms.